The number of ether oxygens (including phenoxy) is 2. The highest BCUT2D eigenvalue weighted by atomic mass is 16.5. The van der Waals surface area contributed by atoms with Crippen molar-refractivity contribution >= 4 is 23.7 Å². The Balaban J connectivity index is 1.42. The number of esters is 1. The number of allylic oxidation sites excluding steroid dienone is 1. The molecule has 3 amide bonds. The van der Waals surface area contributed by atoms with Crippen LogP contribution in [0.5, 0.6) is 0 Å². The third-order valence-electron chi connectivity index (χ3n) is 10.3. The first-order valence-corrected chi connectivity index (χ1v) is 17.0. The standard InChI is InChI=1S/C36H49N3O7/c1-3-5-18-29(41)45-24-27(25-14-8-6-9-15-25)37-33(42)30-28-19-20-36(46-28)31(30)34(43)39(22-12-13-23-40)32(36)35(44)38(21-4-2)26-16-10-7-11-17-26/h3-4,6,8-9,14-15,26-28,30-32,40H,1-2,5,7,10-13,16-24H2,(H,37,42)/t27-,28-,30+,31+,32-,36+/m0/s1. The number of amides is 3. The minimum atomic E-state index is -1.10. The van der Waals surface area contributed by atoms with Gasteiger partial charge in [-0.3, -0.25) is 19.2 Å². The summed E-state index contributed by atoms with van der Waals surface area (Å²) in [5, 5.41) is 12.6. The molecule has 0 unspecified atom stereocenters. The van der Waals surface area contributed by atoms with Gasteiger partial charge in [-0.25, -0.2) is 0 Å². The number of hydrogen-bond acceptors (Lipinski definition) is 7. The van der Waals surface area contributed by atoms with Crippen LogP contribution in [0.4, 0.5) is 0 Å². The maximum absolute atomic E-state index is 14.6. The molecule has 3 aliphatic heterocycles. The summed E-state index contributed by atoms with van der Waals surface area (Å²) in [5.74, 6) is -2.71. The van der Waals surface area contributed by atoms with Crippen LogP contribution in [0.2, 0.25) is 0 Å². The number of fused-ring (bicyclic) bond motifs is 1. The first-order chi connectivity index (χ1) is 22.4. The molecule has 0 aromatic heterocycles. The Bertz CT molecular complexity index is 1270. The zero-order chi connectivity index (χ0) is 32.7. The second-order valence-corrected chi connectivity index (χ2v) is 13.1. The van der Waals surface area contributed by atoms with Crippen LogP contribution in [0.15, 0.2) is 55.6 Å². The molecular weight excluding hydrogens is 586 g/mol. The van der Waals surface area contributed by atoms with Crippen molar-refractivity contribution in [2.24, 2.45) is 11.8 Å². The number of aliphatic hydroxyl groups excluding tert-OH is 1. The fraction of sp³-hybridized carbons (Fsp3) is 0.611. The molecular formula is C36H49N3O7. The average Bonchev–Trinajstić information content (AvgIpc) is 3.72. The minimum absolute atomic E-state index is 0.0114. The second kappa shape index (κ2) is 15.4. The lowest BCUT2D eigenvalue weighted by Gasteiger charge is -2.40. The van der Waals surface area contributed by atoms with Crippen LogP contribution in [0.3, 0.4) is 0 Å². The molecule has 10 nitrogen and oxygen atoms in total. The molecule has 5 rings (SSSR count). The van der Waals surface area contributed by atoms with E-state index in [0.29, 0.717) is 45.2 Å². The van der Waals surface area contributed by atoms with Gasteiger partial charge in [0.15, 0.2) is 0 Å². The molecule has 0 radical (unpaired) electrons. The number of benzene rings is 1. The maximum Gasteiger partial charge on any atom is 0.306 e. The van der Waals surface area contributed by atoms with Crippen molar-refractivity contribution in [1.82, 2.24) is 15.1 Å². The van der Waals surface area contributed by atoms with Crippen LogP contribution in [-0.4, -0.2) is 88.7 Å². The number of aliphatic hydroxyl groups is 1. The summed E-state index contributed by atoms with van der Waals surface area (Å²) in [6.07, 6.45) is 10.8. The van der Waals surface area contributed by atoms with Crippen molar-refractivity contribution in [1.29, 1.82) is 0 Å². The number of likely N-dealkylation sites (tertiary alicyclic amines) is 1. The summed E-state index contributed by atoms with van der Waals surface area (Å²) in [6.45, 7) is 8.19. The predicted molar refractivity (Wildman–Crippen MR) is 172 cm³/mol. The Morgan fingerprint density at radius 2 is 1.87 bits per heavy atom. The van der Waals surface area contributed by atoms with Gasteiger partial charge in [0.1, 0.15) is 18.2 Å². The minimum Gasteiger partial charge on any atom is -0.463 e. The van der Waals surface area contributed by atoms with E-state index < -0.39 is 35.6 Å². The SMILES string of the molecule is C=CCCC(=O)OC[C@H](NC(=O)[C@@H]1[C@@H]2CC[C@]3(O2)[C@H](C(=O)N(CC=C)C2CCCCC2)N(CCCCO)C(=O)[C@@H]13)c1ccccc1. The Morgan fingerprint density at radius 1 is 1.11 bits per heavy atom. The van der Waals surface area contributed by atoms with Crippen LogP contribution in [0, 0.1) is 11.8 Å². The molecule has 1 aliphatic carbocycles. The summed E-state index contributed by atoms with van der Waals surface area (Å²) in [7, 11) is 0. The monoisotopic (exact) mass is 635 g/mol. The lowest BCUT2D eigenvalue weighted by Crippen LogP contribution is -2.58. The van der Waals surface area contributed by atoms with E-state index in [4.69, 9.17) is 9.47 Å². The Morgan fingerprint density at radius 3 is 2.57 bits per heavy atom. The molecule has 4 fully saturated rings. The van der Waals surface area contributed by atoms with Crippen LogP contribution < -0.4 is 5.32 Å². The maximum atomic E-state index is 14.6. The second-order valence-electron chi connectivity index (χ2n) is 13.1. The largest absolute Gasteiger partial charge is 0.463 e. The van der Waals surface area contributed by atoms with Gasteiger partial charge in [-0.15, -0.1) is 13.2 Å². The zero-order valence-corrected chi connectivity index (χ0v) is 26.8. The highest BCUT2D eigenvalue weighted by molar-refractivity contribution is 5.99. The lowest BCUT2D eigenvalue weighted by atomic mass is 9.70. The highest BCUT2D eigenvalue weighted by Crippen LogP contribution is 2.58. The molecule has 2 bridgehead atoms. The lowest BCUT2D eigenvalue weighted by molar-refractivity contribution is -0.150. The zero-order valence-electron chi connectivity index (χ0n) is 26.8. The van der Waals surface area contributed by atoms with Crippen LogP contribution >= 0.6 is 0 Å². The van der Waals surface area contributed by atoms with E-state index in [1.165, 1.54) is 0 Å². The van der Waals surface area contributed by atoms with Crippen LogP contribution in [0.25, 0.3) is 0 Å². The van der Waals surface area contributed by atoms with E-state index in [1.807, 2.05) is 35.2 Å². The van der Waals surface area contributed by atoms with Gasteiger partial charge in [-0.1, -0.05) is 61.7 Å². The number of unbranched alkanes of at least 4 members (excludes halogenated alkanes) is 1. The molecule has 1 aromatic carbocycles. The van der Waals surface area contributed by atoms with Crippen molar-refractivity contribution in [3.05, 3.63) is 61.2 Å². The van der Waals surface area contributed by atoms with Gasteiger partial charge in [-0.2, -0.15) is 0 Å². The highest BCUT2D eigenvalue weighted by Gasteiger charge is 2.74. The van der Waals surface area contributed by atoms with Crippen LogP contribution in [-0.2, 0) is 28.7 Å². The summed E-state index contributed by atoms with van der Waals surface area (Å²) >= 11 is 0. The number of hydrogen-bond donors (Lipinski definition) is 2. The third-order valence-corrected chi connectivity index (χ3v) is 10.3. The fourth-order valence-electron chi connectivity index (χ4n) is 8.12. The van der Waals surface area contributed by atoms with Gasteiger partial charge >= 0.3 is 5.97 Å². The molecule has 10 heteroatoms. The third kappa shape index (κ3) is 6.79. The van der Waals surface area contributed by atoms with Gasteiger partial charge in [0.2, 0.25) is 17.7 Å². The Labute approximate surface area is 272 Å². The van der Waals surface area contributed by atoms with Crippen molar-refractivity contribution in [2.45, 2.75) is 100 Å². The normalized spacial score (nSPS) is 27.6. The van der Waals surface area contributed by atoms with E-state index in [-0.39, 0.29) is 49.4 Å². The Kier molecular flexibility index (Phi) is 11.3. The number of nitrogens with one attached hydrogen (secondary N) is 1. The molecule has 250 valence electrons. The first kappa shape index (κ1) is 33.9. The van der Waals surface area contributed by atoms with Crippen molar-refractivity contribution in [3.8, 4) is 0 Å². The molecule has 1 aromatic rings. The van der Waals surface area contributed by atoms with E-state index in [0.717, 1.165) is 37.7 Å². The Hall–Kier alpha value is -3.50. The fourth-order valence-corrected chi connectivity index (χ4v) is 8.12. The van der Waals surface area contributed by atoms with Gasteiger partial charge in [-0.05, 0) is 50.5 Å². The van der Waals surface area contributed by atoms with Gasteiger partial charge < -0.3 is 29.7 Å². The molecule has 6 atom stereocenters. The molecule has 4 aliphatic rings. The van der Waals surface area contributed by atoms with Crippen molar-refractivity contribution in [2.75, 3.05) is 26.3 Å². The van der Waals surface area contributed by atoms with E-state index in [2.05, 4.69) is 18.5 Å². The number of carbonyl (C=O) groups excluding carboxylic acids is 4. The van der Waals surface area contributed by atoms with Gasteiger partial charge in [0.25, 0.3) is 0 Å². The van der Waals surface area contributed by atoms with E-state index >= 15 is 0 Å². The molecule has 1 spiro atoms. The first-order valence-electron chi connectivity index (χ1n) is 17.0. The van der Waals surface area contributed by atoms with E-state index in [1.54, 1.807) is 17.1 Å². The molecule has 3 saturated heterocycles. The summed E-state index contributed by atoms with van der Waals surface area (Å²) in [5.41, 5.74) is -0.330. The molecule has 3 heterocycles. The number of rotatable bonds is 16. The number of carbonyl (C=O) groups is 4. The predicted octanol–water partition coefficient (Wildman–Crippen LogP) is 3.85. The van der Waals surface area contributed by atoms with Crippen LogP contribution in [0.1, 0.15) is 82.2 Å². The molecule has 2 N–H and O–H groups in total. The van der Waals surface area contributed by atoms with E-state index in [9.17, 15) is 24.3 Å². The molecule has 46 heavy (non-hydrogen) atoms. The summed E-state index contributed by atoms with van der Waals surface area (Å²) in [6, 6.07) is 7.90. The topological polar surface area (TPSA) is 125 Å². The smallest absolute Gasteiger partial charge is 0.306 e. The summed E-state index contributed by atoms with van der Waals surface area (Å²) in [4.78, 5) is 59.0. The average molecular weight is 636 g/mol. The number of nitrogens with zero attached hydrogens (tertiary/aromatic N) is 2. The van der Waals surface area contributed by atoms with Gasteiger partial charge in [0, 0.05) is 32.2 Å². The summed E-state index contributed by atoms with van der Waals surface area (Å²) < 4.78 is 12.2. The van der Waals surface area contributed by atoms with Crippen molar-refractivity contribution in [3.63, 3.8) is 0 Å². The quantitative estimate of drug-likeness (QED) is 0.161. The van der Waals surface area contributed by atoms with Crippen molar-refractivity contribution < 1.29 is 33.8 Å². The van der Waals surface area contributed by atoms with Gasteiger partial charge in [0.05, 0.1) is 24.0 Å². The molecule has 1 saturated carbocycles.